The van der Waals surface area contributed by atoms with Crippen LogP contribution in [0.15, 0.2) is 60.7 Å². The number of nitrogens with zero attached hydrogens (tertiary/aromatic N) is 2. The number of nitrogens with one attached hydrogen (secondary N) is 4. The highest BCUT2D eigenvalue weighted by Crippen LogP contribution is 2.31. The van der Waals surface area contributed by atoms with Crippen LogP contribution in [0, 0.1) is 29.4 Å². The van der Waals surface area contributed by atoms with Crippen molar-refractivity contribution in [3.05, 3.63) is 100 Å². The summed E-state index contributed by atoms with van der Waals surface area (Å²) in [6.07, 6.45) is 0.378. The molecule has 1 unspecified atom stereocenters. The fourth-order valence-corrected chi connectivity index (χ4v) is 7.70. The van der Waals surface area contributed by atoms with E-state index in [0.29, 0.717) is 80.6 Å². The number of anilines is 1. The van der Waals surface area contributed by atoms with E-state index in [9.17, 15) is 42.3 Å². The molecule has 0 aliphatic carbocycles. The molecular formula is C47H48F2N6O12. The number of piperidine rings is 1. The quantitative estimate of drug-likeness (QED) is 0.0386. The highest BCUT2D eigenvalue weighted by atomic mass is 19.1. The van der Waals surface area contributed by atoms with Gasteiger partial charge >= 0.3 is 0 Å². The summed E-state index contributed by atoms with van der Waals surface area (Å²) in [4.78, 5) is 94.2. The molecule has 1 aromatic heterocycles. The number of imide groups is 2. The van der Waals surface area contributed by atoms with Crippen molar-refractivity contribution in [3.8, 4) is 11.8 Å². The Labute approximate surface area is 382 Å². The zero-order valence-electron chi connectivity index (χ0n) is 36.3. The Kier molecular flexibility index (Phi) is 16.5. The molecule has 3 aromatic carbocycles. The highest BCUT2D eigenvalue weighted by Gasteiger charge is 2.45. The normalized spacial score (nSPS) is 16.9. The standard InChI is InChI=1S/C47H48F2N6O12/c48-32-23-29(24-33(49)27-32)28-51-42(57)36-10-12-54(45(36)60)34-6-7-37-31(25-34)26-38(52-37)43(58)50-11-14-64-16-18-66-20-22-67-21-19-65-17-15-63-13-2-4-30-3-1-5-35-41(30)47(62)55(46(35)61)39-8-9-40(56)53-44(39)59/h1,3,5-7,23-27,36,39,52H,8-22,28H2,(H,50,58)(H,51,57)(H,53,56,59)/t36-,39?/m1/s1. The Hall–Kier alpha value is -6.89. The van der Waals surface area contributed by atoms with Gasteiger partial charge in [0.25, 0.3) is 17.7 Å². The topological polar surface area (TPSA) is 224 Å². The largest absolute Gasteiger partial charge is 0.377 e. The van der Waals surface area contributed by atoms with Crippen molar-refractivity contribution in [3.63, 3.8) is 0 Å². The summed E-state index contributed by atoms with van der Waals surface area (Å²) in [5.41, 5.74) is 2.45. The Morgan fingerprint density at radius 2 is 1.45 bits per heavy atom. The lowest BCUT2D eigenvalue weighted by Gasteiger charge is -2.27. The van der Waals surface area contributed by atoms with Gasteiger partial charge in [-0.05, 0) is 66.9 Å². The monoisotopic (exact) mass is 926 g/mol. The third kappa shape index (κ3) is 12.3. The minimum Gasteiger partial charge on any atom is -0.377 e. The molecule has 7 amide bonds. The van der Waals surface area contributed by atoms with Crippen LogP contribution in [0.3, 0.4) is 0 Å². The van der Waals surface area contributed by atoms with Crippen molar-refractivity contribution in [2.75, 3.05) is 84.1 Å². The van der Waals surface area contributed by atoms with Crippen LogP contribution in [0.1, 0.15) is 61.6 Å². The van der Waals surface area contributed by atoms with Gasteiger partial charge in [-0.1, -0.05) is 17.9 Å². The molecule has 3 aliphatic rings. The summed E-state index contributed by atoms with van der Waals surface area (Å²) >= 11 is 0. The first-order valence-corrected chi connectivity index (χ1v) is 21.7. The second kappa shape index (κ2) is 23.0. The lowest BCUT2D eigenvalue weighted by atomic mass is 10.0. The lowest BCUT2D eigenvalue weighted by molar-refractivity contribution is -0.136. The Bertz CT molecular complexity index is 2570. The molecular weight excluding hydrogens is 879 g/mol. The van der Waals surface area contributed by atoms with E-state index >= 15 is 0 Å². The van der Waals surface area contributed by atoms with E-state index in [4.69, 9.17) is 23.7 Å². The average molecular weight is 927 g/mol. The molecule has 3 aliphatic heterocycles. The fraction of sp³-hybridized carbons (Fsp3) is 0.383. The molecule has 20 heteroatoms. The Balaban J connectivity index is 0.688. The predicted octanol–water partition coefficient (Wildman–Crippen LogP) is 2.38. The smallest absolute Gasteiger partial charge is 0.267 e. The molecule has 67 heavy (non-hydrogen) atoms. The summed E-state index contributed by atoms with van der Waals surface area (Å²) in [6.45, 7) is 3.40. The van der Waals surface area contributed by atoms with E-state index in [0.717, 1.165) is 23.1 Å². The zero-order chi connectivity index (χ0) is 47.3. The highest BCUT2D eigenvalue weighted by molar-refractivity contribution is 6.24. The van der Waals surface area contributed by atoms with E-state index in [1.165, 1.54) is 11.0 Å². The first-order chi connectivity index (χ1) is 32.5. The van der Waals surface area contributed by atoms with Gasteiger partial charge in [0.15, 0.2) is 0 Å². The van der Waals surface area contributed by atoms with Gasteiger partial charge in [0, 0.05) is 54.3 Å². The average Bonchev–Trinajstić information content (AvgIpc) is 3.99. The number of carbonyl (C=O) groups excluding carboxylic acids is 7. The molecule has 0 bridgehead atoms. The maximum absolute atomic E-state index is 13.5. The number of aromatic amines is 1. The maximum Gasteiger partial charge on any atom is 0.267 e. The first-order valence-electron chi connectivity index (χ1n) is 21.7. The third-order valence-electron chi connectivity index (χ3n) is 11.0. The minimum atomic E-state index is -1.05. The van der Waals surface area contributed by atoms with E-state index in [1.807, 2.05) is 0 Å². The molecule has 2 fully saturated rings. The van der Waals surface area contributed by atoms with Crippen LogP contribution in [0.2, 0.25) is 0 Å². The fourth-order valence-electron chi connectivity index (χ4n) is 7.70. The number of carbonyl (C=O) groups is 7. The summed E-state index contributed by atoms with van der Waals surface area (Å²) in [6, 6.07) is 13.6. The van der Waals surface area contributed by atoms with Crippen molar-refractivity contribution < 1.29 is 66.0 Å². The molecule has 0 spiro atoms. The van der Waals surface area contributed by atoms with Crippen LogP contribution in [-0.2, 0) is 49.4 Å². The molecule has 0 saturated carbocycles. The number of benzene rings is 3. The molecule has 7 rings (SSSR count). The van der Waals surface area contributed by atoms with Gasteiger partial charge in [-0.2, -0.15) is 0 Å². The molecule has 2 saturated heterocycles. The summed E-state index contributed by atoms with van der Waals surface area (Å²) < 4.78 is 54.6. The van der Waals surface area contributed by atoms with Crippen LogP contribution >= 0.6 is 0 Å². The molecule has 352 valence electrons. The van der Waals surface area contributed by atoms with Gasteiger partial charge in [0.2, 0.25) is 23.6 Å². The van der Waals surface area contributed by atoms with Crippen LogP contribution in [0.25, 0.3) is 10.9 Å². The Morgan fingerprint density at radius 1 is 0.761 bits per heavy atom. The van der Waals surface area contributed by atoms with Crippen molar-refractivity contribution in [1.82, 2.24) is 25.8 Å². The second-order valence-corrected chi connectivity index (χ2v) is 15.5. The van der Waals surface area contributed by atoms with Gasteiger partial charge in [-0.15, -0.1) is 0 Å². The van der Waals surface area contributed by atoms with Crippen LogP contribution in [0.5, 0.6) is 0 Å². The van der Waals surface area contributed by atoms with Gasteiger partial charge in [-0.3, -0.25) is 43.8 Å². The van der Waals surface area contributed by atoms with Crippen molar-refractivity contribution in [1.29, 1.82) is 0 Å². The molecule has 2 atom stereocenters. The van der Waals surface area contributed by atoms with E-state index in [1.54, 1.807) is 36.4 Å². The minimum absolute atomic E-state index is 0.0340. The molecule has 4 N–H and O–H groups in total. The van der Waals surface area contributed by atoms with Crippen LogP contribution in [0.4, 0.5) is 14.5 Å². The molecule has 18 nitrogen and oxygen atoms in total. The number of hydrogen-bond donors (Lipinski definition) is 4. The summed E-state index contributed by atoms with van der Waals surface area (Å²) in [5.74, 6) is -0.337. The predicted molar refractivity (Wildman–Crippen MR) is 233 cm³/mol. The molecule has 4 heterocycles. The number of aromatic nitrogens is 1. The number of rotatable bonds is 22. The van der Waals surface area contributed by atoms with E-state index < -0.39 is 53.1 Å². The van der Waals surface area contributed by atoms with Crippen LogP contribution in [-0.4, -0.2) is 136 Å². The van der Waals surface area contributed by atoms with Gasteiger partial charge in [-0.25, -0.2) is 8.78 Å². The molecule has 4 aromatic rings. The van der Waals surface area contributed by atoms with Crippen molar-refractivity contribution >= 4 is 57.9 Å². The SMILES string of the molecule is O=C1CCC(N2C(=O)c3cccc(C#CCOCCOCCOCCOCCOCCNC(=O)c4cc5cc(N6CC[C@H](C(=O)NCc7cc(F)cc(F)c7)C6=O)ccc5[nH]4)c3C2=O)C(=O)N1. The summed E-state index contributed by atoms with van der Waals surface area (Å²) in [5, 5.41) is 8.26. The van der Waals surface area contributed by atoms with Gasteiger partial charge in [0.05, 0.1) is 70.6 Å². The second-order valence-electron chi connectivity index (χ2n) is 15.5. The maximum atomic E-state index is 13.5. The lowest BCUT2D eigenvalue weighted by Crippen LogP contribution is -2.54. The molecule has 0 radical (unpaired) electrons. The summed E-state index contributed by atoms with van der Waals surface area (Å²) in [7, 11) is 0. The zero-order valence-corrected chi connectivity index (χ0v) is 36.3. The number of ether oxygens (including phenoxy) is 5. The van der Waals surface area contributed by atoms with Crippen molar-refractivity contribution in [2.24, 2.45) is 5.92 Å². The number of hydrogen-bond acceptors (Lipinski definition) is 12. The number of H-pyrrole nitrogens is 1. The number of amides is 7. The van der Waals surface area contributed by atoms with Crippen molar-refractivity contribution in [2.45, 2.75) is 31.8 Å². The first kappa shape index (κ1) is 48.1. The van der Waals surface area contributed by atoms with E-state index in [-0.39, 0.29) is 80.7 Å². The number of fused-ring (bicyclic) bond motifs is 2. The van der Waals surface area contributed by atoms with Crippen LogP contribution < -0.4 is 20.9 Å². The van der Waals surface area contributed by atoms with E-state index in [2.05, 4.69) is 32.8 Å². The Morgan fingerprint density at radius 3 is 2.15 bits per heavy atom. The van der Waals surface area contributed by atoms with Gasteiger partial charge in [0.1, 0.15) is 35.9 Å². The van der Waals surface area contributed by atoms with Gasteiger partial charge < -0.3 is 44.2 Å². The third-order valence-corrected chi connectivity index (χ3v) is 11.0. The number of halogens is 2.